The molecule has 0 aromatic carbocycles. The van der Waals surface area contributed by atoms with E-state index in [4.69, 9.17) is 10.8 Å². The molecule has 8 nitrogen and oxygen atoms in total. The lowest BCUT2D eigenvalue weighted by molar-refractivity contribution is -0.139. The molecule has 4 N–H and O–H groups in total. The van der Waals surface area contributed by atoms with Crippen molar-refractivity contribution in [3.05, 3.63) is 72.9 Å². The van der Waals surface area contributed by atoms with Gasteiger partial charge in [0.1, 0.15) is 6.04 Å². The van der Waals surface area contributed by atoms with Crippen molar-refractivity contribution < 1.29 is 33.2 Å². The highest BCUT2D eigenvalue weighted by Crippen LogP contribution is 2.43. The highest BCUT2D eigenvalue weighted by Gasteiger charge is 2.27. The highest BCUT2D eigenvalue weighted by molar-refractivity contribution is 7.48. The molecule has 0 aliphatic heterocycles. The monoisotopic (exact) mass is 495 g/mol. The maximum Gasteiger partial charge on any atom is 0.529 e. The fraction of sp³-hybridized carbons (Fsp3) is 0.440. The fourth-order valence-corrected chi connectivity index (χ4v) is 3.15. The predicted molar refractivity (Wildman–Crippen MR) is 135 cm³/mol. The van der Waals surface area contributed by atoms with Crippen molar-refractivity contribution >= 4 is 19.8 Å². The molecule has 0 rings (SSSR count). The minimum atomic E-state index is -4.74. The number of carbonyl (C=O) groups excluding carboxylic acids is 1. The molecule has 0 aliphatic rings. The fourth-order valence-electron chi connectivity index (χ4n) is 2.46. The Morgan fingerprint density at radius 3 is 1.91 bits per heavy atom. The third-order valence-corrected chi connectivity index (χ3v) is 5.17. The normalized spacial score (nSPS) is 15.4. The zero-order valence-corrected chi connectivity index (χ0v) is 20.7. The number of nitrogens with two attached hydrogens (primary N) is 1. The first-order valence-corrected chi connectivity index (χ1v) is 13.0. The van der Waals surface area contributed by atoms with Crippen LogP contribution in [0.1, 0.15) is 58.3 Å². The molecule has 0 aromatic rings. The maximum absolute atomic E-state index is 11.5. The van der Waals surface area contributed by atoms with Gasteiger partial charge < -0.3 is 15.4 Å². The Hall–Kier alpha value is -2.51. The molecule has 0 saturated carbocycles. The number of carboxylic acid groups (broad SMARTS) is 1. The lowest BCUT2D eigenvalue weighted by Crippen LogP contribution is -2.34. The van der Waals surface area contributed by atoms with E-state index in [1.54, 1.807) is 18.2 Å². The van der Waals surface area contributed by atoms with E-state index in [9.17, 15) is 19.0 Å². The molecule has 190 valence electrons. The predicted octanol–water partition coefficient (Wildman–Crippen LogP) is 5.54. The van der Waals surface area contributed by atoms with Crippen LogP contribution in [0.15, 0.2) is 72.9 Å². The molecule has 0 aliphatic carbocycles. The van der Waals surface area contributed by atoms with Crippen LogP contribution in [-0.4, -0.2) is 34.6 Å². The standard InChI is InChI=1S/C25H38NO7P/c1-2-3-4-5-6-7-8-9-10-11-12-13-14-15-16-17-18-19-20-21-24(27)33-34(30,31)32-22-23(26)25(28)29/h10-21,23H,2-9,22,26H2,1H3,(H,28,29)(H,30,31)/t23-/m0/s1. The lowest BCUT2D eigenvalue weighted by atomic mass is 10.1. The van der Waals surface area contributed by atoms with Gasteiger partial charge in [-0.2, -0.15) is 0 Å². The van der Waals surface area contributed by atoms with E-state index in [0.29, 0.717) is 0 Å². The van der Waals surface area contributed by atoms with Crippen LogP contribution in [0, 0.1) is 0 Å². The number of hydrogen-bond acceptors (Lipinski definition) is 6. The van der Waals surface area contributed by atoms with Gasteiger partial charge in [-0.15, -0.1) is 0 Å². The van der Waals surface area contributed by atoms with Crippen LogP contribution in [-0.2, 0) is 23.2 Å². The van der Waals surface area contributed by atoms with Gasteiger partial charge in [0.15, 0.2) is 0 Å². The van der Waals surface area contributed by atoms with Gasteiger partial charge in [0.2, 0.25) is 0 Å². The number of allylic oxidation sites excluding steroid dienone is 11. The van der Waals surface area contributed by atoms with E-state index in [1.165, 1.54) is 57.1 Å². The molecule has 0 heterocycles. The number of hydrogen-bond donors (Lipinski definition) is 3. The SMILES string of the molecule is CCCCCCCCCC=CC=CC=CC=CC=CC=CC(=O)OP(=O)(O)OC[C@H](N)C(=O)O. The summed E-state index contributed by atoms with van der Waals surface area (Å²) >= 11 is 0. The molecule has 0 aromatic heterocycles. The third kappa shape index (κ3) is 21.3. The lowest BCUT2D eigenvalue weighted by Gasteiger charge is -2.12. The van der Waals surface area contributed by atoms with Crippen molar-refractivity contribution in [2.45, 2.75) is 64.3 Å². The van der Waals surface area contributed by atoms with Gasteiger partial charge in [0, 0.05) is 6.08 Å². The average molecular weight is 496 g/mol. The summed E-state index contributed by atoms with van der Waals surface area (Å²) in [4.78, 5) is 31.3. The molecule has 0 fully saturated rings. The van der Waals surface area contributed by atoms with Crippen molar-refractivity contribution in [3.63, 3.8) is 0 Å². The first kappa shape index (κ1) is 31.5. The molecule has 9 heteroatoms. The van der Waals surface area contributed by atoms with Gasteiger partial charge >= 0.3 is 19.8 Å². The van der Waals surface area contributed by atoms with Crippen molar-refractivity contribution in [1.82, 2.24) is 0 Å². The summed E-state index contributed by atoms with van der Waals surface area (Å²) in [5.74, 6) is -2.53. The Kier molecular flexibility index (Phi) is 19.5. The van der Waals surface area contributed by atoms with Crippen molar-refractivity contribution in [3.8, 4) is 0 Å². The molecular weight excluding hydrogens is 457 g/mol. The van der Waals surface area contributed by atoms with Crippen LogP contribution >= 0.6 is 7.82 Å². The van der Waals surface area contributed by atoms with E-state index in [1.807, 2.05) is 30.4 Å². The second kappa shape index (κ2) is 21.1. The molecule has 0 bridgehead atoms. The summed E-state index contributed by atoms with van der Waals surface area (Å²) in [5.41, 5.74) is 5.13. The summed E-state index contributed by atoms with van der Waals surface area (Å²) in [5, 5.41) is 8.57. The van der Waals surface area contributed by atoms with E-state index >= 15 is 0 Å². The van der Waals surface area contributed by atoms with Crippen molar-refractivity contribution in [1.29, 1.82) is 0 Å². The van der Waals surface area contributed by atoms with Gasteiger partial charge in [0.05, 0.1) is 6.61 Å². The van der Waals surface area contributed by atoms with Crippen LogP contribution in [0.25, 0.3) is 0 Å². The smallest absolute Gasteiger partial charge is 0.480 e. The molecule has 1 unspecified atom stereocenters. The van der Waals surface area contributed by atoms with E-state index in [0.717, 1.165) is 12.5 Å². The van der Waals surface area contributed by atoms with Crippen molar-refractivity contribution in [2.75, 3.05) is 6.61 Å². The first-order chi connectivity index (χ1) is 16.3. The zero-order valence-electron chi connectivity index (χ0n) is 19.8. The maximum atomic E-state index is 11.5. The average Bonchev–Trinajstić information content (AvgIpc) is 2.78. The van der Waals surface area contributed by atoms with Crippen LogP contribution in [0.4, 0.5) is 0 Å². The Bertz CT molecular complexity index is 797. The Morgan fingerprint density at radius 1 is 0.853 bits per heavy atom. The molecule has 0 saturated heterocycles. The Morgan fingerprint density at radius 2 is 1.35 bits per heavy atom. The number of carboxylic acids is 1. The number of phosphoric ester groups is 1. The number of rotatable bonds is 19. The number of phosphoric acid groups is 1. The third-order valence-electron chi connectivity index (χ3n) is 4.28. The minimum Gasteiger partial charge on any atom is -0.480 e. The summed E-state index contributed by atoms with van der Waals surface area (Å²) in [6.45, 7) is 1.46. The first-order valence-electron chi connectivity index (χ1n) is 11.5. The van der Waals surface area contributed by atoms with Gasteiger partial charge in [-0.05, 0) is 12.8 Å². The van der Waals surface area contributed by atoms with E-state index in [2.05, 4.69) is 22.0 Å². The second-order valence-electron chi connectivity index (χ2n) is 7.36. The molecule has 34 heavy (non-hydrogen) atoms. The molecule has 2 atom stereocenters. The van der Waals surface area contributed by atoms with Crippen LogP contribution in [0.5, 0.6) is 0 Å². The topological polar surface area (TPSA) is 136 Å². The van der Waals surface area contributed by atoms with Crippen LogP contribution in [0.2, 0.25) is 0 Å². The van der Waals surface area contributed by atoms with E-state index in [-0.39, 0.29) is 0 Å². The summed E-state index contributed by atoms with van der Waals surface area (Å²) < 4.78 is 20.1. The summed E-state index contributed by atoms with van der Waals surface area (Å²) in [6.07, 6.45) is 31.2. The summed E-state index contributed by atoms with van der Waals surface area (Å²) in [6, 6.07) is -1.51. The zero-order chi connectivity index (χ0) is 25.5. The Labute approximate surface area is 202 Å². The molecule has 0 amide bonds. The summed E-state index contributed by atoms with van der Waals surface area (Å²) in [7, 11) is -4.74. The highest BCUT2D eigenvalue weighted by atomic mass is 31.2. The number of aliphatic carboxylic acids is 1. The van der Waals surface area contributed by atoms with E-state index < -0.39 is 32.4 Å². The van der Waals surface area contributed by atoms with Crippen LogP contribution in [0.3, 0.4) is 0 Å². The second-order valence-corrected chi connectivity index (χ2v) is 8.73. The number of carbonyl (C=O) groups is 2. The van der Waals surface area contributed by atoms with Gasteiger partial charge in [0.25, 0.3) is 0 Å². The van der Waals surface area contributed by atoms with Crippen molar-refractivity contribution in [2.24, 2.45) is 5.73 Å². The largest absolute Gasteiger partial charge is 0.529 e. The van der Waals surface area contributed by atoms with Gasteiger partial charge in [-0.1, -0.05) is 112 Å². The minimum absolute atomic E-state index is 0.775. The quantitative estimate of drug-likeness (QED) is 0.0920. The molecule has 0 radical (unpaired) electrons. The number of unbranched alkanes of at least 4 members (excludes halogenated alkanes) is 7. The molecule has 0 spiro atoms. The molecular formula is C25H38NO7P. The van der Waals surface area contributed by atoms with Crippen LogP contribution < -0.4 is 5.73 Å². The Balaban J connectivity index is 3.99. The van der Waals surface area contributed by atoms with Gasteiger partial charge in [-0.3, -0.25) is 14.2 Å². The van der Waals surface area contributed by atoms with Gasteiger partial charge in [-0.25, -0.2) is 9.36 Å².